The van der Waals surface area contributed by atoms with Crippen molar-refractivity contribution in [2.24, 2.45) is 0 Å². The summed E-state index contributed by atoms with van der Waals surface area (Å²) in [4.78, 5) is 0.158. The van der Waals surface area contributed by atoms with Crippen molar-refractivity contribution in [2.45, 2.75) is 23.8 Å². The Bertz CT molecular complexity index is 571. The second-order valence-electron chi connectivity index (χ2n) is 4.80. The number of sulfonamides is 1. The number of nitrogens with one attached hydrogen (secondary N) is 1. The average molecular weight is 319 g/mol. The number of halogens is 1. The second kappa shape index (κ2) is 6.30. The molecule has 20 heavy (non-hydrogen) atoms. The van der Waals surface area contributed by atoms with E-state index in [1.165, 1.54) is 23.5 Å². The van der Waals surface area contributed by atoms with Gasteiger partial charge in [0.05, 0.1) is 7.11 Å². The molecule has 1 heterocycles. The summed E-state index contributed by atoms with van der Waals surface area (Å²) in [5, 5.41) is 3.68. The van der Waals surface area contributed by atoms with Crippen LogP contribution >= 0.6 is 11.6 Å². The summed E-state index contributed by atoms with van der Waals surface area (Å²) < 4.78 is 32.0. The lowest BCUT2D eigenvalue weighted by Crippen LogP contribution is -2.43. The van der Waals surface area contributed by atoms with E-state index < -0.39 is 10.0 Å². The van der Waals surface area contributed by atoms with Gasteiger partial charge in [-0.2, -0.15) is 4.31 Å². The van der Waals surface area contributed by atoms with Gasteiger partial charge < -0.3 is 10.1 Å². The van der Waals surface area contributed by atoms with Crippen LogP contribution in [0, 0.1) is 0 Å². The number of hydrogen-bond donors (Lipinski definition) is 1. The molecule has 7 heteroatoms. The van der Waals surface area contributed by atoms with Gasteiger partial charge in [-0.05, 0) is 38.1 Å². The van der Waals surface area contributed by atoms with Crippen LogP contribution in [0.3, 0.4) is 0 Å². The van der Waals surface area contributed by atoms with Crippen molar-refractivity contribution in [3.8, 4) is 5.75 Å². The van der Waals surface area contributed by atoms with E-state index in [9.17, 15) is 8.42 Å². The molecule has 0 unspecified atom stereocenters. The van der Waals surface area contributed by atoms with Crippen LogP contribution in [0.2, 0.25) is 5.02 Å². The number of nitrogens with zero attached hydrogens (tertiary/aromatic N) is 1. The molecular formula is C13H19ClN2O3S. The molecule has 1 N–H and O–H groups in total. The van der Waals surface area contributed by atoms with Crippen LogP contribution in [-0.2, 0) is 10.0 Å². The lowest BCUT2D eigenvalue weighted by Gasteiger charge is -2.31. The summed E-state index contributed by atoms with van der Waals surface area (Å²) in [6.07, 6.45) is 1.62. The molecular weight excluding hydrogens is 300 g/mol. The van der Waals surface area contributed by atoms with Gasteiger partial charge in [-0.15, -0.1) is 0 Å². The van der Waals surface area contributed by atoms with Crippen molar-refractivity contribution < 1.29 is 13.2 Å². The van der Waals surface area contributed by atoms with Crippen molar-refractivity contribution in [3.05, 3.63) is 23.2 Å². The van der Waals surface area contributed by atoms with Gasteiger partial charge in [0, 0.05) is 24.2 Å². The van der Waals surface area contributed by atoms with Crippen molar-refractivity contribution in [3.63, 3.8) is 0 Å². The Labute approximate surface area is 124 Å². The normalized spacial score (nSPS) is 17.4. The van der Waals surface area contributed by atoms with E-state index in [0.717, 1.165) is 25.9 Å². The minimum atomic E-state index is -3.58. The molecule has 2 rings (SSSR count). The van der Waals surface area contributed by atoms with Gasteiger partial charge >= 0.3 is 0 Å². The highest BCUT2D eigenvalue weighted by atomic mass is 35.5. The third kappa shape index (κ3) is 3.09. The molecule has 0 amide bonds. The molecule has 1 saturated heterocycles. The zero-order valence-electron chi connectivity index (χ0n) is 11.6. The Hall–Kier alpha value is -0.820. The first-order chi connectivity index (χ1) is 9.46. The van der Waals surface area contributed by atoms with E-state index in [0.29, 0.717) is 5.02 Å². The van der Waals surface area contributed by atoms with Crippen LogP contribution in [0.5, 0.6) is 5.75 Å². The maximum atomic E-state index is 12.7. The minimum Gasteiger partial charge on any atom is -0.495 e. The Morgan fingerprint density at radius 3 is 2.60 bits per heavy atom. The standard InChI is InChI=1S/C13H19ClN2O3S/c1-16(11-5-7-15-8-6-11)20(17,18)13-4-3-10(14)9-12(13)19-2/h3-4,9,11,15H,5-8H2,1-2H3. The lowest BCUT2D eigenvalue weighted by molar-refractivity contribution is 0.295. The molecule has 0 saturated carbocycles. The molecule has 1 aromatic rings. The molecule has 0 radical (unpaired) electrons. The van der Waals surface area contributed by atoms with E-state index in [-0.39, 0.29) is 16.7 Å². The van der Waals surface area contributed by atoms with Crippen molar-refractivity contribution in [2.75, 3.05) is 27.2 Å². The van der Waals surface area contributed by atoms with E-state index >= 15 is 0 Å². The van der Waals surface area contributed by atoms with E-state index in [1.807, 2.05) is 0 Å². The molecule has 0 aliphatic carbocycles. The quantitative estimate of drug-likeness (QED) is 0.918. The fourth-order valence-corrected chi connectivity index (χ4v) is 4.09. The number of methoxy groups -OCH3 is 1. The van der Waals surface area contributed by atoms with Gasteiger partial charge in [-0.1, -0.05) is 11.6 Å². The van der Waals surface area contributed by atoms with Gasteiger partial charge in [0.15, 0.2) is 0 Å². The van der Waals surface area contributed by atoms with Gasteiger partial charge in [0.2, 0.25) is 10.0 Å². The molecule has 1 aliphatic heterocycles. The molecule has 0 spiro atoms. The highest BCUT2D eigenvalue weighted by Crippen LogP contribution is 2.30. The molecule has 0 aromatic heterocycles. The van der Waals surface area contributed by atoms with Crippen LogP contribution < -0.4 is 10.1 Å². The SMILES string of the molecule is COc1cc(Cl)ccc1S(=O)(=O)N(C)C1CCNCC1. The average Bonchev–Trinajstić information content (AvgIpc) is 2.46. The first-order valence-corrected chi connectivity index (χ1v) is 8.31. The molecule has 0 atom stereocenters. The maximum absolute atomic E-state index is 12.7. The van der Waals surface area contributed by atoms with Crippen LogP contribution in [0.4, 0.5) is 0 Å². The molecule has 1 fully saturated rings. The van der Waals surface area contributed by atoms with E-state index in [4.69, 9.17) is 16.3 Å². The first-order valence-electron chi connectivity index (χ1n) is 6.49. The summed E-state index contributed by atoms with van der Waals surface area (Å²) in [5.41, 5.74) is 0. The predicted molar refractivity (Wildman–Crippen MR) is 78.8 cm³/mol. The molecule has 1 aliphatic rings. The smallest absolute Gasteiger partial charge is 0.246 e. The predicted octanol–water partition coefficient (Wildman–Crippen LogP) is 1.72. The van der Waals surface area contributed by atoms with Gasteiger partial charge in [0.1, 0.15) is 10.6 Å². The van der Waals surface area contributed by atoms with Gasteiger partial charge in [-0.3, -0.25) is 0 Å². The lowest BCUT2D eigenvalue weighted by atomic mass is 10.1. The van der Waals surface area contributed by atoms with Gasteiger partial charge in [0.25, 0.3) is 0 Å². The number of ether oxygens (including phenoxy) is 1. The number of hydrogen-bond acceptors (Lipinski definition) is 4. The zero-order valence-corrected chi connectivity index (χ0v) is 13.2. The zero-order chi connectivity index (χ0) is 14.8. The van der Waals surface area contributed by atoms with Crippen LogP contribution in [0.1, 0.15) is 12.8 Å². The Balaban J connectivity index is 2.34. The summed E-state index contributed by atoms with van der Waals surface area (Å²) in [6.45, 7) is 1.67. The highest BCUT2D eigenvalue weighted by molar-refractivity contribution is 7.89. The second-order valence-corrected chi connectivity index (χ2v) is 7.20. The third-order valence-electron chi connectivity index (χ3n) is 3.61. The minimum absolute atomic E-state index is 0.0154. The fourth-order valence-electron chi connectivity index (χ4n) is 2.38. The molecule has 1 aromatic carbocycles. The topological polar surface area (TPSA) is 58.6 Å². The summed E-state index contributed by atoms with van der Waals surface area (Å²) in [7, 11) is -0.512. The number of rotatable bonds is 4. The largest absolute Gasteiger partial charge is 0.495 e. The van der Waals surface area contributed by atoms with Crippen molar-refractivity contribution in [1.29, 1.82) is 0 Å². The Kier molecular flexibility index (Phi) is 4.90. The van der Waals surface area contributed by atoms with Crippen molar-refractivity contribution in [1.82, 2.24) is 9.62 Å². The Morgan fingerprint density at radius 1 is 1.35 bits per heavy atom. The third-order valence-corrected chi connectivity index (χ3v) is 5.79. The maximum Gasteiger partial charge on any atom is 0.246 e. The van der Waals surface area contributed by atoms with Gasteiger partial charge in [-0.25, -0.2) is 8.42 Å². The summed E-state index contributed by atoms with van der Waals surface area (Å²) in [6, 6.07) is 4.59. The number of benzene rings is 1. The highest BCUT2D eigenvalue weighted by Gasteiger charge is 2.31. The van der Waals surface area contributed by atoms with E-state index in [2.05, 4.69) is 5.32 Å². The fraction of sp³-hybridized carbons (Fsp3) is 0.538. The summed E-state index contributed by atoms with van der Waals surface area (Å²) in [5.74, 6) is 0.276. The van der Waals surface area contributed by atoms with Crippen LogP contribution in [0.15, 0.2) is 23.1 Å². The van der Waals surface area contributed by atoms with Crippen LogP contribution in [-0.4, -0.2) is 46.0 Å². The first kappa shape index (κ1) is 15.6. The summed E-state index contributed by atoms with van der Waals surface area (Å²) >= 11 is 5.88. The monoisotopic (exact) mass is 318 g/mol. The van der Waals surface area contributed by atoms with E-state index in [1.54, 1.807) is 13.1 Å². The Morgan fingerprint density at radius 2 is 2.00 bits per heavy atom. The molecule has 112 valence electrons. The van der Waals surface area contributed by atoms with Crippen molar-refractivity contribution >= 4 is 21.6 Å². The molecule has 0 bridgehead atoms. The van der Waals surface area contributed by atoms with Crippen LogP contribution in [0.25, 0.3) is 0 Å². The molecule has 5 nitrogen and oxygen atoms in total. The number of piperidine rings is 1.